The van der Waals surface area contributed by atoms with Crippen LogP contribution in [0.5, 0.6) is 5.75 Å². The van der Waals surface area contributed by atoms with E-state index in [2.05, 4.69) is 4.98 Å². The summed E-state index contributed by atoms with van der Waals surface area (Å²) in [5, 5.41) is 7.32. The normalized spacial score (nSPS) is 13.8. The maximum atomic E-state index is 13.2. The molecule has 0 saturated carbocycles. The van der Waals surface area contributed by atoms with Gasteiger partial charge in [-0.05, 0) is 46.8 Å². The lowest BCUT2D eigenvalue weighted by Gasteiger charge is -2.29. The van der Waals surface area contributed by atoms with Gasteiger partial charge in [0.05, 0.1) is 22.2 Å². The number of halogens is 1. The highest BCUT2D eigenvalue weighted by atomic mass is 35.5. The number of ether oxygens (including phenoxy) is 1. The van der Waals surface area contributed by atoms with Gasteiger partial charge in [-0.15, -0.1) is 0 Å². The summed E-state index contributed by atoms with van der Waals surface area (Å²) in [6.45, 7) is 0.594. The third kappa shape index (κ3) is 4.51. The Labute approximate surface area is 212 Å². The predicted octanol–water partition coefficient (Wildman–Crippen LogP) is 4.14. The molecule has 0 radical (unpaired) electrons. The number of anilines is 2. The molecular weight excluding hydrogens is 500 g/mol. The molecule has 1 amide bonds. The minimum atomic E-state index is -3.92. The van der Waals surface area contributed by atoms with Crippen LogP contribution in [-0.2, 0) is 14.8 Å². The number of nitrogens with two attached hydrogens (primary N) is 2. The van der Waals surface area contributed by atoms with E-state index in [4.69, 9.17) is 27.2 Å². The molecule has 10 heteroatoms. The van der Waals surface area contributed by atoms with Crippen molar-refractivity contribution >= 4 is 54.8 Å². The number of amides is 1. The molecule has 8 nitrogen and oxygen atoms in total. The summed E-state index contributed by atoms with van der Waals surface area (Å²) in [6.07, 6.45) is 2.99. The Balaban J connectivity index is 1.47. The van der Waals surface area contributed by atoms with E-state index in [1.54, 1.807) is 53.6 Å². The first-order valence-corrected chi connectivity index (χ1v) is 12.9. The predicted molar refractivity (Wildman–Crippen MR) is 141 cm³/mol. The van der Waals surface area contributed by atoms with Crippen molar-refractivity contribution in [3.8, 4) is 16.9 Å². The van der Waals surface area contributed by atoms with Crippen LogP contribution in [0.4, 0.5) is 11.5 Å². The number of carbonyl (C=O) groups excluding carboxylic acids is 1. The first-order chi connectivity index (χ1) is 17.2. The van der Waals surface area contributed by atoms with Crippen LogP contribution in [0.1, 0.15) is 5.56 Å². The number of nitrogen functional groups attached to an aromatic ring is 1. The van der Waals surface area contributed by atoms with Crippen LogP contribution in [0.2, 0.25) is 0 Å². The zero-order valence-corrected chi connectivity index (χ0v) is 20.5. The molecule has 0 saturated heterocycles. The van der Waals surface area contributed by atoms with Crippen molar-refractivity contribution in [3.05, 3.63) is 84.6 Å². The van der Waals surface area contributed by atoms with Gasteiger partial charge in [0.2, 0.25) is 10.0 Å². The van der Waals surface area contributed by atoms with Gasteiger partial charge in [0.15, 0.2) is 0 Å². The van der Waals surface area contributed by atoms with Crippen LogP contribution in [0.3, 0.4) is 0 Å². The Kier molecular flexibility index (Phi) is 6.13. The van der Waals surface area contributed by atoms with Crippen molar-refractivity contribution in [2.45, 2.75) is 4.90 Å². The number of fused-ring (bicyclic) bond motifs is 2. The molecule has 1 aliphatic rings. The second-order valence-corrected chi connectivity index (χ2v) is 10.1. The van der Waals surface area contributed by atoms with Gasteiger partial charge in [-0.3, -0.25) is 4.79 Å². The number of nitrogens with zero attached hydrogens (tertiary/aromatic N) is 2. The lowest BCUT2D eigenvalue weighted by molar-refractivity contribution is -0.114. The zero-order valence-electron chi connectivity index (χ0n) is 18.9. The highest BCUT2D eigenvalue weighted by molar-refractivity contribution is 7.89. The maximum absolute atomic E-state index is 13.2. The fraction of sp³-hybridized carbons (Fsp3) is 0.0769. The largest absolute Gasteiger partial charge is 0.490 e. The number of sulfonamides is 1. The van der Waals surface area contributed by atoms with Crippen LogP contribution in [0.25, 0.3) is 26.9 Å². The lowest BCUT2D eigenvalue weighted by atomic mass is 10.0. The fourth-order valence-electron chi connectivity index (χ4n) is 4.18. The number of aromatic nitrogens is 1. The van der Waals surface area contributed by atoms with Crippen molar-refractivity contribution in [1.82, 2.24) is 4.98 Å². The van der Waals surface area contributed by atoms with E-state index in [1.165, 1.54) is 12.1 Å². The first-order valence-electron chi connectivity index (χ1n) is 10.9. The number of hydrogen-bond acceptors (Lipinski definition) is 6. The quantitative estimate of drug-likeness (QED) is 0.389. The Morgan fingerprint density at radius 3 is 2.69 bits per heavy atom. The molecule has 4 aromatic rings. The van der Waals surface area contributed by atoms with Gasteiger partial charge in [0.1, 0.15) is 18.2 Å². The van der Waals surface area contributed by atoms with E-state index < -0.39 is 10.0 Å². The fourth-order valence-corrected chi connectivity index (χ4v) is 5.15. The first kappa shape index (κ1) is 23.8. The number of pyridine rings is 1. The van der Waals surface area contributed by atoms with Gasteiger partial charge < -0.3 is 15.4 Å². The van der Waals surface area contributed by atoms with Crippen LogP contribution >= 0.6 is 11.6 Å². The molecule has 36 heavy (non-hydrogen) atoms. The van der Waals surface area contributed by atoms with E-state index in [-0.39, 0.29) is 22.4 Å². The van der Waals surface area contributed by atoms with E-state index >= 15 is 0 Å². The van der Waals surface area contributed by atoms with Crippen LogP contribution in [-0.4, -0.2) is 32.5 Å². The molecule has 5 rings (SSSR count). The van der Waals surface area contributed by atoms with Crippen molar-refractivity contribution in [2.75, 3.05) is 23.8 Å². The monoisotopic (exact) mass is 520 g/mol. The second kappa shape index (κ2) is 9.27. The van der Waals surface area contributed by atoms with Crippen molar-refractivity contribution in [3.63, 3.8) is 0 Å². The second-order valence-electron chi connectivity index (χ2n) is 8.19. The van der Waals surface area contributed by atoms with Crippen LogP contribution < -0.4 is 20.5 Å². The molecule has 182 valence electrons. The number of carbonyl (C=O) groups is 1. The average molecular weight is 521 g/mol. The lowest BCUT2D eigenvalue weighted by Crippen LogP contribution is -2.37. The standard InChI is InChI=1S/C26H21ClN4O4S/c27-21(18-6-5-16-9-10-30-26(28)20(16)13-18)15-25(32)31-11-12-35-23-14-17(7-8-22(23)31)19-3-1-2-4-24(19)36(29,33)34/h1-10,13-15H,11-12H2,(H2,28,30)(H2,29,33,34)/b21-15-. The van der Waals surface area contributed by atoms with Gasteiger partial charge in [-0.2, -0.15) is 0 Å². The van der Waals surface area contributed by atoms with E-state index in [9.17, 15) is 13.2 Å². The molecule has 0 fully saturated rings. The van der Waals surface area contributed by atoms with Crippen molar-refractivity contribution < 1.29 is 17.9 Å². The zero-order chi connectivity index (χ0) is 25.4. The molecule has 1 aliphatic heterocycles. The van der Waals surface area contributed by atoms with Gasteiger partial charge in [-0.1, -0.05) is 48.0 Å². The molecule has 0 atom stereocenters. The van der Waals surface area contributed by atoms with Gasteiger partial charge in [0, 0.05) is 23.2 Å². The van der Waals surface area contributed by atoms with Gasteiger partial charge in [0.25, 0.3) is 5.91 Å². The molecule has 2 heterocycles. The Morgan fingerprint density at radius 1 is 1.08 bits per heavy atom. The van der Waals surface area contributed by atoms with Crippen LogP contribution in [0, 0.1) is 0 Å². The molecule has 0 spiro atoms. The summed E-state index contributed by atoms with van der Waals surface area (Å²) in [5.41, 5.74) is 8.22. The third-order valence-electron chi connectivity index (χ3n) is 5.92. The highest BCUT2D eigenvalue weighted by Crippen LogP contribution is 2.38. The minimum Gasteiger partial charge on any atom is -0.490 e. The Hall–Kier alpha value is -3.92. The molecule has 0 aliphatic carbocycles. The molecular formula is C26H21ClN4O4S. The smallest absolute Gasteiger partial charge is 0.252 e. The maximum Gasteiger partial charge on any atom is 0.252 e. The van der Waals surface area contributed by atoms with Crippen molar-refractivity contribution in [2.24, 2.45) is 5.14 Å². The van der Waals surface area contributed by atoms with Crippen LogP contribution in [0.15, 0.2) is 83.9 Å². The summed E-state index contributed by atoms with van der Waals surface area (Å²) in [6, 6.07) is 18.9. The number of primary sulfonamides is 1. The number of rotatable bonds is 4. The summed E-state index contributed by atoms with van der Waals surface area (Å²) in [4.78, 5) is 18.9. The summed E-state index contributed by atoms with van der Waals surface area (Å²) < 4.78 is 29.9. The molecule has 3 aromatic carbocycles. The third-order valence-corrected chi connectivity index (χ3v) is 7.21. The molecule has 4 N–H and O–H groups in total. The SMILES string of the molecule is Nc1nccc2ccc(/C(Cl)=C/C(=O)N3CCOc4cc(-c5ccccc5S(N)(=O)=O)ccc43)cc12. The van der Waals surface area contributed by atoms with E-state index in [1.807, 2.05) is 18.2 Å². The molecule has 0 unspecified atom stereocenters. The molecule has 0 bridgehead atoms. The van der Waals surface area contributed by atoms with Gasteiger partial charge >= 0.3 is 0 Å². The van der Waals surface area contributed by atoms with E-state index in [0.717, 1.165) is 10.8 Å². The minimum absolute atomic E-state index is 0.00892. The van der Waals surface area contributed by atoms with E-state index in [0.29, 0.717) is 40.5 Å². The topological polar surface area (TPSA) is 129 Å². The number of hydrogen-bond donors (Lipinski definition) is 2. The van der Waals surface area contributed by atoms with Crippen molar-refractivity contribution in [1.29, 1.82) is 0 Å². The Bertz CT molecular complexity index is 1650. The summed E-state index contributed by atoms with van der Waals surface area (Å²) >= 11 is 6.52. The average Bonchev–Trinajstić information content (AvgIpc) is 2.87. The Morgan fingerprint density at radius 2 is 1.89 bits per heavy atom. The summed E-state index contributed by atoms with van der Waals surface area (Å²) in [5.74, 6) is 0.513. The summed E-state index contributed by atoms with van der Waals surface area (Å²) in [7, 11) is -3.92. The highest BCUT2D eigenvalue weighted by Gasteiger charge is 2.24. The number of benzene rings is 3. The molecule has 1 aromatic heterocycles. The van der Waals surface area contributed by atoms with Gasteiger partial charge in [-0.25, -0.2) is 18.5 Å².